The molecule has 1 aliphatic rings. The van der Waals surface area contributed by atoms with Crippen molar-refractivity contribution in [2.24, 2.45) is 4.99 Å². The summed E-state index contributed by atoms with van der Waals surface area (Å²) >= 11 is 5.60. The fraction of sp³-hybridized carbons (Fsp3) is 0.231. The summed E-state index contributed by atoms with van der Waals surface area (Å²) in [6.07, 6.45) is 4.30. The van der Waals surface area contributed by atoms with Gasteiger partial charge in [0.25, 0.3) is 5.91 Å². The zero-order chi connectivity index (χ0) is 13.7. The Morgan fingerprint density at radius 2 is 2.37 bits per heavy atom. The van der Waals surface area contributed by atoms with Crippen LogP contribution in [0.1, 0.15) is 6.42 Å². The Morgan fingerprint density at radius 3 is 3.05 bits per heavy atom. The van der Waals surface area contributed by atoms with Crippen molar-refractivity contribution in [1.82, 2.24) is 5.32 Å². The van der Waals surface area contributed by atoms with Crippen molar-refractivity contribution in [3.8, 4) is 5.75 Å². The lowest BCUT2D eigenvalue weighted by Gasteiger charge is -2.10. The van der Waals surface area contributed by atoms with Crippen LogP contribution in [0.15, 0.2) is 35.0 Å². The number of amides is 1. The van der Waals surface area contributed by atoms with Gasteiger partial charge in [-0.25, -0.2) is 4.39 Å². The van der Waals surface area contributed by atoms with E-state index in [2.05, 4.69) is 10.3 Å². The van der Waals surface area contributed by atoms with Gasteiger partial charge in [-0.05, 0) is 18.6 Å². The van der Waals surface area contributed by atoms with Gasteiger partial charge in [-0.3, -0.25) is 9.79 Å². The highest BCUT2D eigenvalue weighted by atomic mass is 35.5. The first kappa shape index (κ1) is 13.5. The van der Waals surface area contributed by atoms with E-state index in [0.717, 1.165) is 13.0 Å². The molecule has 0 unspecified atom stereocenters. The molecule has 0 bridgehead atoms. The van der Waals surface area contributed by atoms with Crippen LogP contribution in [0.5, 0.6) is 5.75 Å². The molecule has 0 aromatic heterocycles. The SMILES string of the molecule is O=C(COc1ccc(F)c(Cl)c1)NC1=CCCN=C1. The van der Waals surface area contributed by atoms with Crippen LogP contribution in [0.25, 0.3) is 0 Å². The van der Waals surface area contributed by atoms with Crippen molar-refractivity contribution in [2.45, 2.75) is 6.42 Å². The molecule has 0 aliphatic carbocycles. The topological polar surface area (TPSA) is 50.7 Å². The lowest BCUT2D eigenvalue weighted by atomic mass is 10.3. The molecule has 1 aromatic carbocycles. The number of carbonyl (C=O) groups is 1. The van der Waals surface area contributed by atoms with Crippen LogP contribution >= 0.6 is 11.6 Å². The number of aliphatic imine (C=N–C) groups is 1. The molecule has 1 aliphatic heterocycles. The summed E-state index contributed by atoms with van der Waals surface area (Å²) in [7, 11) is 0. The van der Waals surface area contributed by atoms with Crippen molar-refractivity contribution < 1.29 is 13.9 Å². The minimum atomic E-state index is -0.526. The van der Waals surface area contributed by atoms with Crippen LogP contribution in [-0.4, -0.2) is 25.3 Å². The van der Waals surface area contributed by atoms with Gasteiger partial charge in [-0.15, -0.1) is 0 Å². The van der Waals surface area contributed by atoms with Crippen molar-refractivity contribution in [1.29, 1.82) is 0 Å². The monoisotopic (exact) mass is 282 g/mol. The zero-order valence-electron chi connectivity index (χ0n) is 10.0. The third-order valence-corrected chi connectivity index (χ3v) is 2.69. The number of benzene rings is 1. The molecule has 1 aromatic rings. The summed E-state index contributed by atoms with van der Waals surface area (Å²) in [5.41, 5.74) is 0.664. The van der Waals surface area contributed by atoms with E-state index in [1.807, 2.05) is 6.08 Å². The van der Waals surface area contributed by atoms with Crippen molar-refractivity contribution >= 4 is 23.7 Å². The van der Waals surface area contributed by atoms with E-state index in [4.69, 9.17) is 16.3 Å². The zero-order valence-corrected chi connectivity index (χ0v) is 10.8. The first-order valence-corrected chi connectivity index (χ1v) is 6.10. The van der Waals surface area contributed by atoms with Gasteiger partial charge in [0.05, 0.1) is 10.7 Å². The van der Waals surface area contributed by atoms with Gasteiger partial charge in [-0.1, -0.05) is 17.7 Å². The number of hydrogen-bond donors (Lipinski definition) is 1. The number of hydrogen-bond acceptors (Lipinski definition) is 3. The number of halogens is 2. The average Bonchev–Trinajstić information content (AvgIpc) is 2.41. The molecule has 0 fully saturated rings. The second-order valence-corrected chi connectivity index (χ2v) is 4.30. The van der Waals surface area contributed by atoms with Crippen LogP contribution in [0.3, 0.4) is 0 Å². The number of rotatable bonds is 4. The minimum absolute atomic E-state index is 0.0416. The van der Waals surface area contributed by atoms with Gasteiger partial charge < -0.3 is 10.1 Å². The van der Waals surface area contributed by atoms with E-state index in [0.29, 0.717) is 11.4 Å². The largest absolute Gasteiger partial charge is 0.484 e. The second kappa shape index (κ2) is 6.33. The van der Waals surface area contributed by atoms with Crippen LogP contribution in [0.4, 0.5) is 4.39 Å². The number of ether oxygens (including phenoxy) is 1. The van der Waals surface area contributed by atoms with Gasteiger partial charge in [0.15, 0.2) is 6.61 Å². The summed E-state index contributed by atoms with van der Waals surface area (Å²) in [4.78, 5) is 15.6. The Morgan fingerprint density at radius 1 is 1.53 bits per heavy atom. The van der Waals surface area contributed by atoms with E-state index in [9.17, 15) is 9.18 Å². The molecule has 100 valence electrons. The van der Waals surface area contributed by atoms with Crippen molar-refractivity contribution in [3.05, 3.63) is 40.8 Å². The van der Waals surface area contributed by atoms with E-state index < -0.39 is 5.82 Å². The predicted molar refractivity (Wildman–Crippen MR) is 71.1 cm³/mol. The van der Waals surface area contributed by atoms with Crippen LogP contribution < -0.4 is 10.1 Å². The number of carbonyl (C=O) groups excluding carboxylic acids is 1. The minimum Gasteiger partial charge on any atom is -0.484 e. The number of nitrogens with one attached hydrogen (secondary N) is 1. The predicted octanol–water partition coefficient (Wildman–Crippen LogP) is 2.33. The molecule has 0 spiro atoms. The third kappa shape index (κ3) is 4.06. The van der Waals surface area contributed by atoms with Gasteiger partial charge in [0.2, 0.25) is 0 Å². The Kier molecular flexibility index (Phi) is 4.52. The molecule has 1 amide bonds. The Bertz CT molecular complexity index is 543. The maximum absolute atomic E-state index is 12.9. The first-order chi connectivity index (χ1) is 9.15. The molecule has 6 heteroatoms. The van der Waals surface area contributed by atoms with Crippen molar-refractivity contribution in [3.63, 3.8) is 0 Å². The van der Waals surface area contributed by atoms with Gasteiger partial charge >= 0.3 is 0 Å². The maximum Gasteiger partial charge on any atom is 0.262 e. The molecule has 1 heterocycles. The van der Waals surface area contributed by atoms with E-state index in [-0.39, 0.29) is 17.5 Å². The molecular weight excluding hydrogens is 271 g/mol. The lowest BCUT2D eigenvalue weighted by Crippen LogP contribution is -2.29. The van der Waals surface area contributed by atoms with Gasteiger partial charge in [-0.2, -0.15) is 0 Å². The van der Waals surface area contributed by atoms with Gasteiger partial charge in [0.1, 0.15) is 11.6 Å². The third-order valence-electron chi connectivity index (χ3n) is 2.40. The summed E-state index contributed by atoms with van der Waals surface area (Å²) in [5.74, 6) is -0.491. The molecular formula is C13H12ClFN2O2. The van der Waals surface area contributed by atoms with Crippen LogP contribution in [0.2, 0.25) is 5.02 Å². The molecule has 0 saturated carbocycles. The van der Waals surface area contributed by atoms with E-state index in [1.165, 1.54) is 18.2 Å². The van der Waals surface area contributed by atoms with E-state index in [1.54, 1.807) is 6.21 Å². The molecule has 0 atom stereocenters. The highest BCUT2D eigenvalue weighted by molar-refractivity contribution is 6.30. The normalized spacial score (nSPS) is 13.9. The summed E-state index contributed by atoms with van der Waals surface area (Å²) in [5, 5.41) is 2.61. The molecule has 2 rings (SSSR count). The standard InChI is InChI=1S/C13H12ClFN2O2/c14-11-6-10(3-4-12(11)15)19-8-13(18)17-9-2-1-5-16-7-9/h2-4,6-7H,1,5,8H2,(H,17,18). The molecule has 19 heavy (non-hydrogen) atoms. The highest BCUT2D eigenvalue weighted by Crippen LogP contribution is 2.20. The fourth-order valence-electron chi connectivity index (χ4n) is 1.51. The summed E-state index contributed by atoms with van der Waals surface area (Å²) in [6, 6.07) is 3.92. The molecule has 4 nitrogen and oxygen atoms in total. The molecule has 0 radical (unpaired) electrons. The summed E-state index contributed by atoms with van der Waals surface area (Å²) < 4.78 is 18.1. The highest BCUT2D eigenvalue weighted by Gasteiger charge is 2.07. The second-order valence-electron chi connectivity index (χ2n) is 3.90. The maximum atomic E-state index is 12.9. The number of dihydropyridines is 1. The quantitative estimate of drug-likeness (QED) is 0.921. The Labute approximate surface area is 114 Å². The van der Waals surface area contributed by atoms with Crippen molar-refractivity contribution in [2.75, 3.05) is 13.2 Å². The lowest BCUT2D eigenvalue weighted by molar-refractivity contribution is -0.122. The fourth-order valence-corrected chi connectivity index (χ4v) is 1.68. The van der Waals surface area contributed by atoms with Crippen LogP contribution in [-0.2, 0) is 4.79 Å². The first-order valence-electron chi connectivity index (χ1n) is 5.73. The summed E-state index contributed by atoms with van der Waals surface area (Å²) in [6.45, 7) is 0.567. The van der Waals surface area contributed by atoms with E-state index >= 15 is 0 Å². The van der Waals surface area contributed by atoms with Crippen LogP contribution in [0, 0.1) is 5.82 Å². The smallest absolute Gasteiger partial charge is 0.262 e. The number of allylic oxidation sites excluding steroid dienone is 1. The van der Waals surface area contributed by atoms with Gasteiger partial charge in [0, 0.05) is 18.8 Å². The average molecular weight is 283 g/mol. The molecule has 0 saturated heterocycles. The Balaban J connectivity index is 1.84. The Hall–Kier alpha value is -1.88. The number of nitrogens with zero attached hydrogens (tertiary/aromatic N) is 1. The molecule has 1 N–H and O–H groups in total.